The third kappa shape index (κ3) is 5.40. The molecule has 0 saturated carbocycles. The van der Waals surface area contributed by atoms with Gasteiger partial charge in [0, 0.05) is 12.2 Å². The van der Waals surface area contributed by atoms with Gasteiger partial charge in [-0.1, -0.05) is 42.5 Å². The van der Waals surface area contributed by atoms with Crippen molar-refractivity contribution < 1.29 is 19.1 Å². The third-order valence-electron chi connectivity index (χ3n) is 5.08. The van der Waals surface area contributed by atoms with Gasteiger partial charge in [-0.3, -0.25) is 9.59 Å². The smallest absolute Gasteiger partial charge is 0.313 e. The molecule has 0 heterocycles. The zero-order chi connectivity index (χ0) is 22.2. The summed E-state index contributed by atoms with van der Waals surface area (Å²) in [6.07, 6.45) is 0.187. The average molecular weight is 416 g/mol. The number of amides is 1. The van der Waals surface area contributed by atoms with Crippen molar-refractivity contribution in [1.29, 1.82) is 5.26 Å². The van der Waals surface area contributed by atoms with Crippen molar-refractivity contribution in [3.8, 4) is 11.8 Å². The molecule has 6 heteroatoms. The highest BCUT2D eigenvalue weighted by Crippen LogP contribution is 2.26. The summed E-state index contributed by atoms with van der Waals surface area (Å²) in [5, 5.41) is 10.9. The number of hydrogen-bond donors (Lipinski definition) is 0. The van der Waals surface area contributed by atoms with Crippen LogP contribution in [-0.4, -0.2) is 32.1 Å². The van der Waals surface area contributed by atoms with E-state index in [0.29, 0.717) is 5.69 Å². The lowest BCUT2D eigenvalue weighted by Crippen LogP contribution is -2.35. The summed E-state index contributed by atoms with van der Waals surface area (Å²) in [5.41, 5.74) is 1.47. The first-order chi connectivity index (χ1) is 15.0. The van der Waals surface area contributed by atoms with Crippen LogP contribution in [0.2, 0.25) is 0 Å². The van der Waals surface area contributed by atoms with E-state index in [0.717, 1.165) is 22.1 Å². The molecule has 0 aliphatic rings. The van der Waals surface area contributed by atoms with Crippen LogP contribution >= 0.6 is 0 Å². The van der Waals surface area contributed by atoms with E-state index in [1.807, 2.05) is 60.7 Å². The van der Waals surface area contributed by atoms with Gasteiger partial charge in [-0.2, -0.15) is 5.26 Å². The number of carbonyl (C=O) groups is 2. The predicted octanol–water partition coefficient (Wildman–Crippen LogP) is 4.44. The molecule has 0 unspecified atom stereocenters. The molecule has 1 atom stereocenters. The van der Waals surface area contributed by atoms with Crippen molar-refractivity contribution in [3.63, 3.8) is 0 Å². The molecule has 0 saturated heterocycles. The second kappa shape index (κ2) is 10.3. The van der Waals surface area contributed by atoms with Gasteiger partial charge in [0.15, 0.2) is 6.61 Å². The first kappa shape index (κ1) is 21.8. The van der Waals surface area contributed by atoms with Crippen LogP contribution in [-0.2, 0) is 14.3 Å². The van der Waals surface area contributed by atoms with E-state index in [9.17, 15) is 9.59 Å². The molecule has 0 fully saturated rings. The summed E-state index contributed by atoms with van der Waals surface area (Å²) in [7, 11) is 1.62. The van der Waals surface area contributed by atoms with Gasteiger partial charge >= 0.3 is 5.97 Å². The fourth-order valence-corrected chi connectivity index (χ4v) is 3.28. The molecule has 0 aromatic heterocycles. The summed E-state index contributed by atoms with van der Waals surface area (Å²) < 4.78 is 10.6. The first-order valence-corrected chi connectivity index (χ1v) is 10.00. The van der Waals surface area contributed by atoms with Gasteiger partial charge in [-0.25, -0.2) is 0 Å². The maximum absolute atomic E-state index is 12.7. The largest absolute Gasteiger partial charge is 0.497 e. The Morgan fingerprint density at radius 1 is 1.03 bits per heavy atom. The number of nitrogens with zero attached hydrogens (tertiary/aromatic N) is 2. The highest BCUT2D eigenvalue weighted by Gasteiger charge is 2.21. The lowest BCUT2D eigenvalue weighted by Gasteiger charge is -2.22. The van der Waals surface area contributed by atoms with Crippen LogP contribution in [0.15, 0.2) is 66.7 Å². The van der Waals surface area contributed by atoms with Crippen molar-refractivity contribution in [2.24, 2.45) is 0 Å². The van der Waals surface area contributed by atoms with Gasteiger partial charge in [-0.15, -0.1) is 0 Å². The molecule has 3 rings (SSSR count). The second-order valence-corrected chi connectivity index (χ2v) is 7.09. The number of carbonyl (C=O) groups excluding carboxylic acids is 2. The molecule has 0 aliphatic carbocycles. The first-order valence-electron chi connectivity index (χ1n) is 10.00. The standard InChI is InChI=1S/C25H24N2O4/c1-18(19-9-10-21-16-23(30-2)12-11-20(21)15-19)25(29)31-17-24(28)27(14-6-13-26)22-7-4-3-5-8-22/h3-5,7-12,15-16,18H,6,14,17H2,1-2H3/t18-/m0/s1. The van der Waals surface area contributed by atoms with E-state index >= 15 is 0 Å². The van der Waals surface area contributed by atoms with E-state index < -0.39 is 11.9 Å². The number of para-hydroxylation sites is 1. The van der Waals surface area contributed by atoms with Gasteiger partial charge in [0.05, 0.1) is 25.5 Å². The molecule has 1 amide bonds. The minimum atomic E-state index is -0.524. The third-order valence-corrected chi connectivity index (χ3v) is 5.08. The Hall–Kier alpha value is -3.85. The van der Waals surface area contributed by atoms with Crippen molar-refractivity contribution >= 4 is 28.3 Å². The number of esters is 1. The molecule has 3 aromatic carbocycles. The fourth-order valence-electron chi connectivity index (χ4n) is 3.28. The molecular weight excluding hydrogens is 392 g/mol. The Morgan fingerprint density at radius 3 is 2.45 bits per heavy atom. The van der Waals surface area contributed by atoms with Crippen molar-refractivity contribution in [3.05, 3.63) is 72.3 Å². The van der Waals surface area contributed by atoms with Crippen LogP contribution in [0.5, 0.6) is 5.75 Å². The summed E-state index contributed by atoms with van der Waals surface area (Å²) in [6.45, 7) is 1.61. The lowest BCUT2D eigenvalue weighted by molar-refractivity contribution is -0.149. The molecule has 6 nitrogen and oxygen atoms in total. The van der Waals surface area contributed by atoms with E-state index in [1.165, 1.54) is 4.90 Å². The molecule has 0 aliphatic heterocycles. The maximum Gasteiger partial charge on any atom is 0.313 e. The number of ether oxygens (including phenoxy) is 2. The molecule has 0 bridgehead atoms. The number of rotatable bonds is 8. The lowest BCUT2D eigenvalue weighted by atomic mass is 9.98. The van der Waals surface area contributed by atoms with Gasteiger partial charge in [0.1, 0.15) is 5.75 Å². The number of benzene rings is 3. The molecule has 0 radical (unpaired) electrons. The Kier molecular flexibility index (Phi) is 7.23. The van der Waals surface area contributed by atoms with Gasteiger partial charge in [0.25, 0.3) is 5.91 Å². The Labute approximate surface area is 181 Å². The van der Waals surface area contributed by atoms with Gasteiger partial charge in [0.2, 0.25) is 0 Å². The van der Waals surface area contributed by atoms with E-state index in [4.69, 9.17) is 14.7 Å². The number of anilines is 1. The summed E-state index contributed by atoms with van der Waals surface area (Å²) in [4.78, 5) is 26.7. The maximum atomic E-state index is 12.7. The van der Waals surface area contributed by atoms with Crippen molar-refractivity contribution in [1.82, 2.24) is 0 Å². The molecule has 3 aromatic rings. The molecule has 158 valence electrons. The van der Waals surface area contributed by atoms with Crippen LogP contribution in [0.1, 0.15) is 24.8 Å². The zero-order valence-electron chi connectivity index (χ0n) is 17.6. The van der Waals surface area contributed by atoms with Crippen LogP contribution < -0.4 is 9.64 Å². The number of hydrogen-bond acceptors (Lipinski definition) is 5. The van der Waals surface area contributed by atoms with Crippen LogP contribution in [0.25, 0.3) is 10.8 Å². The number of nitriles is 1. The molecule has 0 N–H and O–H groups in total. The number of methoxy groups -OCH3 is 1. The SMILES string of the molecule is COc1ccc2cc([C@H](C)C(=O)OCC(=O)N(CCC#N)c3ccccc3)ccc2c1. The quantitative estimate of drug-likeness (QED) is 0.507. The highest BCUT2D eigenvalue weighted by molar-refractivity contribution is 5.95. The van der Waals surface area contributed by atoms with Crippen LogP contribution in [0, 0.1) is 11.3 Å². The summed E-state index contributed by atoms with van der Waals surface area (Å²) in [5.74, 6) is -0.601. The van der Waals surface area contributed by atoms with Crippen LogP contribution in [0.3, 0.4) is 0 Å². The fraction of sp³-hybridized carbons (Fsp3) is 0.240. The topological polar surface area (TPSA) is 79.6 Å². The Morgan fingerprint density at radius 2 is 1.74 bits per heavy atom. The van der Waals surface area contributed by atoms with E-state index in [-0.39, 0.29) is 25.5 Å². The second-order valence-electron chi connectivity index (χ2n) is 7.09. The minimum Gasteiger partial charge on any atom is -0.497 e. The average Bonchev–Trinajstić information content (AvgIpc) is 2.82. The monoisotopic (exact) mass is 416 g/mol. The van der Waals surface area contributed by atoms with E-state index in [1.54, 1.807) is 26.2 Å². The normalized spacial score (nSPS) is 11.4. The van der Waals surface area contributed by atoms with Crippen molar-refractivity contribution in [2.45, 2.75) is 19.3 Å². The Balaban J connectivity index is 1.66. The van der Waals surface area contributed by atoms with Gasteiger partial charge < -0.3 is 14.4 Å². The van der Waals surface area contributed by atoms with Crippen LogP contribution in [0.4, 0.5) is 5.69 Å². The molecular formula is C25H24N2O4. The Bertz CT molecular complexity index is 1110. The summed E-state index contributed by atoms with van der Waals surface area (Å²) >= 11 is 0. The molecule has 0 spiro atoms. The summed E-state index contributed by atoms with van der Waals surface area (Å²) in [6, 6.07) is 22.5. The minimum absolute atomic E-state index is 0.187. The number of fused-ring (bicyclic) bond motifs is 1. The van der Waals surface area contributed by atoms with E-state index in [2.05, 4.69) is 0 Å². The highest BCUT2D eigenvalue weighted by atomic mass is 16.5. The molecule has 31 heavy (non-hydrogen) atoms. The predicted molar refractivity (Wildman–Crippen MR) is 119 cm³/mol. The van der Waals surface area contributed by atoms with Gasteiger partial charge in [-0.05, 0) is 47.5 Å². The zero-order valence-corrected chi connectivity index (χ0v) is 17.6. The van der Waals surface area contributed by atoms with Crippen molar-refractivity contribution in [2.75, 3.05) is 25.2 Å².